The van der Waals surface area contributed by atoms with Crippen molar-refractivity contribution in [2.24, 2.45) is 5.14 Å². The van der Waals surface area contributed by atoms with Crippen molar-refractivity contribution in [3.63, 3.8) is 0 Å². The van der Waals surface area contributed by atoms with E-state index in [0.29, 0.717) is 6.07 Å². The van der Waals surface area contributed by atoms with E-state index in [1.165, 1.54) is 25.2 Å². The van der Waals surface area contributed by atoms with Crippen molar-refractivity contribution in [3.8, 4) is 0 Å². The highest BCUT2D eigenvalue weighted by Gasteiger charge is 2.37. The standard InChI is InChI=1S/C16H12F3N3O4S/c1-22-14(23)10-4-2-8(6-11(10)15(22)24)21-9-3-5-13(27(20,25)26)12(7-9)16(17,18)19/h2-7,21H,1H3,(H2,20,25,26). The summed E-state index contributed by atoms with van der Waals surface area (Å²) in [6, 6.07) is 6.60. The number of benzene rings is 2. The minimum absolute atomic E-state index is 0.0696. The molecule has 0 aliphatic carbocycles. The molecule has 142 valence electrons. The number of halogens is 3. The number of alkyl halides is 3. The van der Waals surface area contributed by atoms with Gasteiger partial charge in [-0.2, -0.15) is 13.2 Å². The topological polar surface area (TPSA) is 110 Å². The fraction of sp³-hybridized carbons (Fsp3) is 0.125. The first kappa shape index (κ1) is 18.9. The molecule has 3 N–H and O–H groups in total. The van der Waals surface area contributed by atoms with Crippen LogP contribution in [0.4, 0.5) is 24.5 Å². The molecule has 27 heavy (non-hydrogen) atoms. The summed E-state index contributed by atoms with van der Waals surface area (Å²) in [5.74, 6) is -1.00. The third kappa shape index (κ3) is 3.38. The first-order valence-electron chi connectivity index (χ1n) is 7.37. The zero-order chi connectivity index (χ0) is 20.1. The molecule has 2 amide bonds. The Morgan fingerprint density at radius 2 is 1.52 bits per heavy atom. The number of fused-ring (bicyclic) bond motifs is 1. The summed E-state index contributed by atoms with van der Waals surface area (Å²) in [4.78, 5) is 23.7. The molecular weight excluding hydrogens is 387 g/mol. The molecule has 2 aromatic rings. The van der Waals surface area contributed by atoms with Gasteiger partial charge in [0.05, 0.1) is 21.6 Å². The van der Waals surface area contributed by atoms with Crippen molar-refractivity contribution < 1.29 is 31.2 Å². The van der Waals surface area contributed by atoms with Gasteiger partial charge in [-0.3, -0.25) is 14.5 Å². The second kappa shape index (κ2) is 6.06. The predicted octanol–water partition coefficient (Wildman–Crippen LogP) is 2.32. The maximum absolute atomic E-state index is 13.2. The maximum atomic E-state index is 13.2. The lowest BCUT2D eigenvalue weighted by atomic mass is 10.1. The molecule has 0 aromatic heterocycles. The molecule has 1 heterocycles. The number of nitrogens with zero attached hydrogens (tertiary/aromatic N) is 1. The molecule has 0 atom stereocenters. The molecular formula is C16H12F3N3O4S. The lowest BCUT2D eigenvalue weighted by molar-refractivity contribution is -0.139. The van der Waals surface area contributed by atoms with Crippen molar-refractivity contribution in [1.82, 2.24) is 4.90 Å². The van der Waals surface area contributed by atoms with Gasteiger partial charge in [0, 0.05) is 18.4 Å². The summed E-state index contributed by atoms with van der Waals surface area (Å²) in [7, 11) is -3.25. The first-order valence-corrected chi connectivity index (χ1v) is 8.92. The van der Waals surface area contributed by atoms with Crippen molar-refractivity contribution in [2.45, 2.75) is 11.1 Å². The number of hydrogen-bond donors (Lipinski definition) is 2. The Morgan fingerprint density at radius 1 is 0.963 bits per heavy atom. The van der Waals surface area contributed by atoms with E-state index in [1.54, 1.807) is 0 Å². The molecule has 0 spiro atoms. The Morgan fingerprint density at radius 3 is 2.11 bits per heavy atom. The monoisotopic (exact) mass is 399 g/mol. The lowest BCUT2D eigenvalue weighted by Crippen LogP contribution is -2.24. The van der Waals surface area contributed by atoms with Gasteiger partial charge in [-0.1, -0.05) is 0 Å². The Bertz CT molecular complexity index is 1080. The Hall–Kier alpha value is -2.92. The van der Waals surface area contributed by atoms with Crippen molar-refractivity contribution in [2.75, 3.05) is 12.4 Å². The summed E-state index contributed by atoms with van der Waals surface area (Å²) in [6.45, 7) is 0. The Kier molecular flexibility index (Phi) is 4.23. The molecule has 7 nitrogen and oxygen atoms in total. The molecule has 0 saturated heterocycles. The van der Waals surface area contributed by atoms with Crippen LogP contribution >= 0.6 is 0 Å². The molecule has 0 unspecified atom stereocenters. The number of sulfonamides is 1. The number of imide groups is 1. The molecule has 0 fully saturated rings. The van der Waals surface area contributed by atoms with Gasteiger partial charge in [0.25, 0.3) is 11.8 Å². The summed E-state index contributed by atoms with van der Waals surface area (Å²) < 4.78 is 62.3. The van der Waals surface area contributed by atoms with Crippen LogP contribution in [0.25, 0.3) is 0 Å². The number of carbonyl (C=O) groups excluding carboxylic acids is 2. The SMILES string of the molecule is CN1C(=O)c2ccc(Nc3ccc(S(N)(=O)=O)c(C(F)(F)F)c3)cc2C1=O. The third-order valence-corrected chi connectivity index (χ3v) is 4.94. The zero-order valence-electron chi connectivity index (χ0n) is 13.7. The molecule has 0 saturated carbocycles. The van der Waals surface area contributed by atoms with E-state index < -0.39 is 38.5 Å². The number of nitrogens with one attached hydrogen (secondary N) is 1. The van der Waals surface area contributed by atoms with Crippen LogP contribution < -0.4 is 10.5 Å². The molecule has 2 aromatic carbocycles. The predicted molar refractivity (Wildman–Crippen MR) is 89.0 cm³/mol. The van der Waals surface area contributed by atoms with Crippen LogP contribution in [0.1, 0.15) is 26.3 Å². The highest BCUT2D eigenvalue weighted by Crippen LogP contribution is 2.36. The van der Waals surface area contributed by atoms with Gasteiger partial charge in [-0.25, -0.2) is 13.6 Å². The van der Waals surface area contributed by atoms with Crippen molar-refractivity contribution >= 4 is 33.2 Å². The summed E-state index contributed by atoms with van der Waals surface area (Å²) in [5.41, 5.74) is -0.929. The van der Waals surface area contributed by atoms with Crippen LogP contribution in [-0.4, -0.2) is 32.2 Å². The van der Waals surface area contributed by atoms with Crippen molar-refractivity contribution in [1.29, 1.82) is 0 Å². The van der Waals surface area contributed by atoms with Crippen LogP contribution in [0.2, 0.25) is 0 Å². The van der Waals surface area contributed by atoms with Gasteiger partial charge >= 0.3 is 6.18 Å². The number of anilines is 2. The minimum atomic E-state index is -4.94. The maximum Gasteiger partial charge on any atom is 0.417 e. The fourth-order valence-corrected chi connectivity index (χ4v) is 3.42. The molecule has 11 heteroatoms. The highest BCUT2D eigenvalue weighted by atomic mass is 32.2. The second-order valence-corrected chi connectivity index (χ2v) is 7.34. The van der Waals surface area contributed by atoms with Crippen LogP contribution in [0.5, 0.6) is 0 Å². The van der Waals surface area contributed by atoms with E-state index in [-0.39, 0.29) is 22.5 Å². The number of hydrogen-bond acceptors (Lipinski definition) is 5. The minimum Gasteiger partial charge on any atom is -0.355 e. The van der Waals surface area contributed by atoms with Crippen LogP contribution in [0.15, 0.2) is 41.3 Å². The van der Waals surface area contributed by atoms with Crippen LogP contribution in [0.3, 0.4) is 0 Å². The smallest absolute Gasteiger partial charge is 0.355 e. The van der Waals surface area contributed by atoms with E-state index >= 15 is 0 Å². The molecule has 1 aliphatic rings. The number of nitrogens with two attached hydrogens (primary N) is 1. The quantitative estimate of drug-likeness (QED) is 0.770. The van der Waals surface area contributed by atoms with Gasteiger partial charge in [0.1, 0.15) is 0 Å². The largest absolute Gasteiger partial charge is 0.417 e. The number of primary sulfonamides is 1. The van der Waals surface area contributed by atoms with Crippen LogP contribution in [0, 0.1) is 0 Å². The number of amides is 2. The third-order valence-electron chi connectivity index (χ3n) is 3.97. The first-order chi connectivity index (χ1) is 12.4. The molecule has 1 aliphatic heterocycles. The summed E-state index contributed by atoms with van der Waals surface area (Å²) in [6.07, 6.45) is -4.94. The average Bonchev–Trinajstić information content (AvgIpc) is 2.77. The zero-order valence-corrected chi connectivity index (χ0v) is 14.5. The van der Waals surface area contributed by atoms with Gasteiger partial charge in [0.2, 0.25) is 10.0 Å². The van der Waals surface area contributed by atoms with Gasteiger partial charge in [-0.05, 0) is 36.4 Å². The van der Waals surface area contributed by atoms with E-state index in [4.69, 9.17) is 5.14 Å². The number of carbonyl (C=O) groups is 2. The van der Waals surface area contributed by atoms with Gasteiger partial charge in [-0.15, -0.1) is 0 Å². The summed E-state index contributed by atoms with van der Waals surface area (Å²) in [5, 5.41) is 7.49. The summed E-state index contributed by atoms with van der Waals surface area (Å²) >= 11 is 0. The Balaban J connectivity index is 2.01. The molecule has 3 rings (SSSR count). The van der Waals surface area contributed by atoms with Gasteiger partial charge in [0.15, 0.2) is 0 Å². The average molecular weight is 399 g/mol. The highest BCUT2D eigenvalue weighted by molar-refractivity contribution is 7.89. The van der Waals surface area contributed by atoms with Crippen LogP contribution in [-0.2, 0) is 16.2 Å². The van der Waals surface area contributed by atoms with Crippen molar-refractivity contribution in [3.05, 3.63) is 53.1 Å². The van der Waals surface area contributed by atoms with E-state index in [0.717, 1.165) is 17.0 Å². The van der Waals surface area contributed by atoms with Gasteiger partial charge < -0.3 is 5.32 Å². The lowest BCUT2D eigenvalue weighted by Gasteiger charge is -2.14. The molecule has 0 bridgehead atoms. The normalized spacial score (nSPS) is 14.5. The fourth-order valence-electron chi connectivity index (χ4n) is 2.68. The second-order valence-electron chi connectivity index (χ2n) is 5.81. The molecule has 0 radical (unpaired) electrons. The Labute approximate surface area is 151 Å². The van der Waals surface area contributed by atoms with E-state index in [2.05, 4.69) is 5.32 Å². The van der Waals surface area contributed by atoms with E-state index in [1.807, 2.05) is 0 Å². The number of rotatable bonds is 3. The van der Waals surface area contributed by atoms with E-state index in [9.17, 15) is 31.2 Å².